The Morgan fingerprint density at radius 1 is 1.38 bits per heavy atom. The van der Waals surface area contributed by atoms with Crippen LogP contribution < -0.4 is 5.32 Å². The van der Waals surface area contributed by atoms with Crippen molar-refractivity contribution in [2.75, 3.05) is 18.4 Å². The molecule has 0 aliphatic carbocycles. The highest BCUT2D eigenvalue weighted by atomic mass is 32.1. The van der Waals surface area contributed by atoms with E-state index in [1.807, 2.05) is 20.8 Å². The predicted octanol–water partition coefficient (Wildman–Crippen LogP) is 4.02. The highest BCUT2D eigenvalue weighted by Gasteiger charge is 2.31. The van der Waals surface area contributed by atoms with Gasteiger partial charge in [0.15, 0.2) is 5.13 Å². The maximum absolute atomic E-state index is 13.3. The van der Waals surface area contributed by atoms with Crippen molar-refractivity contribution in [2.24, 2.45) is 5.92 Å². The van der Waals surface area contributed by atoms with E-state index in [9.17, 15) is 14.0 Å². The van der Waals surface area contributed by atoms with Gasteiger partial charge >= 0.3 is 6.09 Å². The second-order valence-corrected chi connectivity index (χ2v) is 8.42. The minimum atomic E-state index is -0.567. The van der Waals surface area contributed by atoms with Crippen LogP contribution in [0.3, 0.4) is 0 Å². The Labute approximate surface area is 155 Å². The number of nitrogens with zero attached hydrogens (tertiary/aromatic N) is 2. The third kappa shape index (κ3) is 4.49. The fourth-order valence-corrected chi connectivity index (χ4v) is 3.74. The van der Waals surface area contributed by atoms with Gasteiger partial charge in [-0.2, -0.15) is 0 Å². The topological polar surface area (TPSA) is 71.5 Å². The average molecular weight is 379 g/mol. The number of aromatic nitrogens is 1. The SMILES string of the molecule is CC(C)(C)OC(=O)N1CCC[C@H](C(=O)Nc2nc3ccc(F)cc3s2)C1. The van der Waals surface area contributed by atoms with Gasteiger partial charge in [0.25, 0.3) is 0 Å². The standard InChI is InChI=1S/C18H22FN3O3S/c1-18(2,3)25-17(24)22-8-4-5-11(10-22)15(23)21-16-20-13-7-6-12(19)9-14(13)26-16/h6-7,9,11H,4-5,8,10H2,1-3H3,(H,20,21,23)/t11-/m0/s1. The zero-order valence-electron chi connectivity index (χ0n) is 15.0. The van der Waals surface area contributed by atoms with Crippen LogP contribution in [0.5, 0.6) is 0 Å². The summed E-state index contributed by atoms with van der Waals surface area (Å²) in [6.45, 7) is 6.35. The largest absolute Gasteiger partial charge is 0.444 e. The summed E-state index contributed by atoms with van der Waals surface area (Å²) in [6.07, 6.45) is 1.04. The molecule has 1 fully saturated rings. The lowest BCUT2D eigenvalue weighted by Crippen LogP contribution is -2.45. The lowest BCUT2D eigenvalue weighted by molar-refractivity contribution is -0.121. The Hall–Kier alpha value is -2.22. The van der Waals surface area contributed by atoms with Crippen LogP contribution in [0.1, 0.15) is 33.6 Å². The molecule has 8 heteroatoms. The number of rotatable bonds is 2. The number of anilines is 1. The van der Waals surface area contributed by atoms with Crippen LogP contribution in [-0.2, 0) is 9.53 Å². The van der Waals surface area contributed by atoms with E-state index in [1.54, 1.807) is 11.0 Å². The monoisotopic (exact) mass is 379 g/mol. The van der Waals surface area contributed by atoms with Crippen LogP contribution in [0, 0.1) is 11.7 Å². The summed E-state index contributed by atoms with van der Waals surface area (Å²) in [6, 6.07) is 4.32. The van der Waals surface area contributed by atoms with E-state index in [0.29, 0.717) is 34.9 Å². The van der Waals surface area contributed by atoms with Gasteiger partial charge in [-0.25, -0.2) is 14.2 Å². The summed E-state index contributed by atoms with van der Waals surface area (Å²) >= 11 is 1.23. The molecule has 1 aromatic heterocycles. The van der Waals surface area contributed by atoms with Crippen LogP contribution in [-0.4, -0.2) is 40.6 Å². The number of benzene rings is 1. The minimum Gasteiger partial charge on any atom is -0.444 e. The van der Waals surface area contributed by atoms with Gasteiger partial charge in [-0.1, -0.05) is 11.3 Å². The molecule has 0 radical (unpaired) electrons. The van der Waals surface area contributed by atoms with E-state index in [0.717, 1.165) is 6.42 Å². The number of likely N-dealkylation sites (tertiary alicyclic amines) is 1. The van der Waals surface area contributed by atoms with Crippen molar-refractivity contribution in [2.45, 2.75) is 39.2 Å². The molecule has 140 valence electrons. The van der Waals surface area contributed by atoms with E-state index in [1.165, 1.54) is 23.5 Å². The van der Waals surface area contributed by atoms with Gasteiger partial charge in [0, 0.05) is 13.1 Å². The summed E-state index contributed by atoms with van der Waals surface area (Å²) in [5.74, 6) is -0.836. The van der Waals surface area contributed by atoms with E-state index >= 15 is 0 Å². The number of carbonyl (C=O) groups excluding carboxylic acids is 2. The fraction of sp³-hybridized carbons (Fsp3) is 0.500. The summed E-state index contributed by atoms with van der Waals surface area (Å²) in [5, 5.41) is 3.23. The van der Waals surface area contributed by atoms with Gasteiger partial charge in [-0.05, 0) is 51.8 Å². The first-order valence-electron chi connectivity index (χ1n) is 8.56. The van der Waals surface area contributed by atoms with Crippen LogP contribution in [0.15, 0.2) is 18.2 Å². The van der Waals surface area contributed by atoms with E-state index in [2.05, 4.69) is 10.3 Å². The number of thiazole rings is 1. The number of halogens is 1. The van der Waals surface area contributed by atoms with Crippen LogP contribution in [0.25, 0.3) is 10.2 Å². The Morgan fingerprint density at radius 2 is 2.15 bits per heavy atom. The van der Waals surface area contributed by atoms with Gasteiger partial charge < -0.3 is 15.0 Å². The second-order valence-electron chi connectivity index (χ2n) is 7.39. The molecule has 1 saturated heterocycles. The molecule has 1 aliphatic heterocycles. The lowest BCUT2D eigenvalue weighted by atomic mass is 9.97. The van der Waals surface area contributed by atoms with Crippen LogP contribution in [0.4, 0.5) is 14.3 Å². The molecular formula is C18H22FN3O3S. The quantitative estimate of drug-likeness (QED) is 0.855. The zero-order chi connectivity index (χ0) is 18.9. The molecule has 0 unspecified atom stereocenters. The van der Waals surface area contributed by atoms with E-state index in [-0.39, 0.29) is 17.6 Å². The molecule has 3 rings (SSSR count). The van der Waals surface area contributed by atoms with Crippen molar-refractivity contribution in [3.05, 3.63) is 24.0 Å². The predicted molar refractivity (Wildman–Crippen MR) is 98.7 cm³/mol. The number of ether oxygens (including phenoxy) is 1. The number of fused-ring (bicyclic) bond motifs is 1. The zero-order valence-corrected chi connectivity index (χ0v) is 15.9. The molecule has 2 amide bonds. The molecule has 2 aromatic rings. The van der Waals surface area contributed by atoms with E-state index in [4.69, 9.17) is 4.74 Å². The smallest absolute Gasteiger partial charge is 0.410 e. The molecule has 2 heterocycles. The average Bonchev–Trinajstić information content (AvgIpc) is 2.94. The van der Waals surface area contributed by atoms with E-state index < -0.39 is 11.7 Å². The lowest BCUT2D eigenvalue weighted by Gasteiger charge is -2.33. The van der Waals surface area contributed by atoms with Gasteiger partial charge in [-0.15, -0.1) is 0 Å². The number of carbonyl (C=O) groups is 2. The van der Waals surface area contributed by atoms with Crippen molar-refractivity contribution in [1.82, 2.24) is 9.88 Å². The number of hydrogen-bond acceptors (Lipinski definition) is 5. The van der Waals surface area contributed by atoms with Crippen LogP contribution >= 0.6 is 11.3 Å². The van der Waals surface area contributed by atoms with Gasteiger partial charge in [0.1, 0.15) is 11.4 Å². The first-order chi connectivity index (χ1) is 12.2. The summed E-state index contributed by atoms with van der Waals surface area (Å²) in [7, 11) is 0. The molecule has 1 aliphatic rings. The highest BCUT2D eigenvalue weighted by molar-refractivity contribution is 7.22. The molecule has 0 saturated carbocycles. The molecule has 6 nitrogen and oxygen atoms in total. The number of hydrogen-bond donors (Lipinski definition) is 1. The van der Waals surface area contributed by atoms with Crippen molar-refractivity contribution >= 4 is 38.7 Å². The number of nitrogens with one attached hydrogen (secondary N) is 1. The molecule has 1 aromatic carbocycles. The van der Waals surface area contributed by atoms with Crippen molar-refractivity contribution in [1.29, 1.82) is 0 Å². The molecular weight excluding hydrogens is 357 g/mol. The maximum Gasteiger partial charge on any atom is 0.410 e. The first-order valence-corrected chi connectivity index (χ1v) is 9.38. The Bertz CT molecular complexity index is 831. The minimum absolute atomic E-state index is 0.183. The third-order valence-corrected chi connectivity index (χ3v) is 4.96. The Balaban J connectivity index is 1.64. The van der Waals surface area contributed by atoms with Gasteiger partial charge in [-0.3, -0.25) is 4.79 Å². The highest BCUT2D eigenvalue weighted by Crippen LogP contribution is 2.28. The maximum atomic E-state index is 13.3. The fourth-order valence-electron chi connectivity index (χ4n) is 2.84. The molecule has 0 bridgehead atoms. The van der Waals surface area contributed by atoms with Gasteiger partial charge in [0.05, 0.1) is 16.1 Å². The van der Waals surface area contributed by atoms with Crippen molar-refractivity contribution in [3.63, 3.8) is 0 Å². The van der Waals surface area contributed by atoms with Crippen molar-refractivity contribution < 1.29 is 18.7 Å². The summed E-state index contributed by atoms with van der Waals surface area (Å²) < 4.78 is 19.3. The van der Waals surface area contributed by atoms with Crippen molar-refractivity contribution in [3.8, 4) is 0 Å². The molecule has 0 spiro atoms. The third-order valence-electron chi connectivity index (χ3n) is 4.02. The second kappa shape index (κ2) is 7.19. The Kier molecular flexibility index (Phi) is 5.13. The Morgan fingerprint density at radius 3 is 2.88 bits per heavy atom. The van der Waals surface area contributed by atoms with Gasteiger partial charge in [0.2, 0.25) is 5.91 Å². The molecule has 1 N–H and O–H groups in total. The summed E-state index contributed by atoms with van der Waals surface area (Å²) in [4.78, 5) is 30.7. The number of piperidine rings is 1. The molecule has 1 atom stereocenters. The molecule has 26 heavy (non-hydrogen) atoms. The first kappa shape index (κ1) is 18.6. The summed E-state index contributed by atoms with van der Waals surface area (Å²) in [5.41, 5.74) is 0.0773. The number of amides is 2. The normalized spacial score (nSPS) is 18.0. The van der Waals surface area contributed by atoms with Crippen LogP contribution in [0.2, 0.25) is 0 Å².